The predicted octanol–water partition coefficient (Wildman–Crippen LogP) is 3.58. The topological polar surface area (TPSA) is 3.24 Å². The highest BCUT2D eigenvalue weighted by Crippen LogP contribution is 2.38. The quantitative estimate of drug-likeness (QED) is 0.662. The monoisotopic (exact) mass is 195 g/mol. The summed E-state index contributed by atoms with van der Waals surface area (Å²) in [4.78, 5) is 2.90. The second kappa shape index (κ2) is 4.65. The zero-order valence-corrected chi connectivity index (χ0v) is 9.84. The second-order valence-electron chi connectivity index (χ2n) is 5.11. The van der Waals surface area contributed by atoms with E-state index < -0.39 is 0 Å². The van der Waals surface area contributed by atoms with Gasteiger partial charge in [-0.2, -0.15) is 0 Å². The molecule has 0 aliphatic carbocycles. The van der Waals surface area contributed by atoms with E-state index >= 15 is 0 Å². The molecule has 82 valence electrons. The third kappa shape index (κ3) is 1.84. The van der Waals surface area contributed by atoms with E-state index in [4.69, 9.17) is 0 Å². The van der Waals surface area contributed by atoms with Gasteiger partial charge in [0.25, 0.3) is 0 Å². The maximum atomic E-state index is 2.90. The molecular formula is C13H25N. The Hall–Kier alpha value is -0.0400. The summed E-state index contributed by atoms with van der Waals surface area (Å²) in [5.41, 5.74) is 0. The first-order valence-corrected chi connectivity index (χ1v) is 6.64. The lowest BCUT2D eigenvalue weighted by Crippen LogP contribution is -2.46. The van der Waals surface area contributed by atoms with Crippen LogP contribution in [0.1, 0.15) is 65.2 Å². The first-order valence-electron chi connectivity index (χ1n) is 6.64. The Morgan fingerprint density at radius 2 is 1.71 bits per heavy atom. The van der Waals surface area contributed by atoms with Gasteiger partial charge in [0.15, 0.2) is 0 Å². The Morgan fingerprint density at radius 3 is 2.21 bits per heavy atom. The average Bonchev–Trinajstić information content (AvgIpc) is 2.47. The minimum atomic E-state index is 0.901. The summed E-state index contributed by atoms with van der Waals surface area (Å²) in [6.45, 7) is 4.70. The first-order chi connectivity index (χ1) is 6.86. The smallest absolute Gasteiger partial charge is 0.0102 e. The van der Waals surface area contributed by atoms with Gasteiger partial charge in [-0.25, -0.2) is 0 Å². The van der Waals surface area contributed by atoms with E-state index in [9.17, 15) is 0 Å². The zero-order valence-electron chi connectivity index (χ0n) is 9.84. The summed E-state index contributed by atoms with van der Waals surface area (Å²) in [5.74, 6) is 0. The van der Waals surface area contributed by atoms with Gasteiger partial charge in [0.05, 0.1) is 0 Å². The van der Waals surface area contributed by atoms with Crippen LogP contribution in [-0.2, 0) is 0 Å². The van der Waals surface area contributed by atoms with Gasteiger partial charge in [0, 0.05) is 18.1 Å². The minimum Gasteiger partial charge on any atom is -0.295 e. The molecule has 2 aliphatic heterocycles. The van der Waals surface area contributed by atoms with E-state index in [0.717, 1.165) is 18.1 Å². The van der Waals surface area contributed by atoms with Crippen molar-refractivity contribution in [3.8, 4) is 0 Å². The Kier molecular flexibility index (Phi) is 3.48. The molecule has 1 nitrogen and oxygen atoms in total. The van der Waals surface area contributed by atoms with Gasteiger partial charge in [0.2, 0.25) is 0 Å². The van der Waals surface area contributed by atoms with Crippen LogP contribution in [0.3, 0.4) is 0 Å². The number of fused-ring (bicyclic) bond motifs is 2. The summed E-state index contributed by atoms with van der Waals surface area (Å²) in [6.07, 6.45) is 11.6. The first kappa shape index (κ1) is 10.5. The van der Waals surface area contributed by atoms with Crippen LogP contribution < -0.4 is 0 Å². The van der Waals surface area contributed by atoms with Crippen molar-refractivity contribution in [2.45, 2.75) is 83.3 Å². The van der Waals surface area contributed by atoms with Crippen LogP contribution in [0.5, 0.6) is 0 Å². The fraction of sp³-hybridized carbons (Fsp3) is 1.00. The van der Waals surface area contributed by atoms with Gasteiger partial charge < -0.3 is 0 Å². The van der Waals surface area contributed by atoms with Crippen LogP contribution in [0.2, 0.25) is 0 Å². The van der Waals surface area contributed by atoms with Gasteiger partial charge in [-0.15, -0.1) is 0 Å². The normalized spacial score (nSPS) is 34.7. The maximum Gasteiger partial charge on any atom is 0.0102 e. The van der Waals surface area contributed by atoms with Gasteiger partial charge >= 0.3 is 0 Å². The van der Waals surface area contributed by atoms with Crippen LogP contribution in [0, 0.1) is 0 Å². The molecule has 2 bridgehead atoms. The Balaban J connectivity index is 2.00. The van der Waals surface area contributed by atoms with Gasteiger partial charge in [-0.1, -0.05) is 26.7 Å². The average molecular weight is 195 g/mol. The largest absolute Gasteiger partial charge is 0.295 e. The fourth-order valence-corrected chi connectivity index (χ4v) is 3.65. The molecule has 2 heterocycles. The molecule has 0 aromatic heterocycles. The molecule has 0 radical (unpaired) electrons. The van der Waals surface area contributed by atoms with Crippen LogP contribution in [0.25, 0.3) is 0 Å². The van der Waals surface area contributed by atoms with E-state index in [-0.39, 0.29) is 0 Å². The number of rotatable bonds is 4. The predicted molar refractivity (Wildman–Crippen MR) is 61.5 cm³/mol. The molecule has 3 unspecified atom stereocenters. The lowest BCUT2D eigenvalue weighted by molar-refractivity contribution is 0.0787. The molecule has 3 atom stereocenters. The molecule has 1 heteroatoms. The van der Waals surface area contributed by atoms with Crippen molar-refractivity contribution < 1.29 is 0 Å². The summed E-state index contributed by atoms with van der Waals surface area (Å²) >= 11 is 0. The van der Waals surface area contributed by atoms with Crippen molar-refractivity contribution in [1.29, 1.82) is 0 Å². The summed E-state index contributed by atoms with van der Waals surface area (Å²) in [6, 6.07) is 2.83. The van der Waals surface area contributed by atoms with Crippen molar-refractivity contribution in [1.82, 2.24) is 4.90 Å². The van der Waals surface area contributed by atoms with E-state index in [2.05, 4.69) is 18.7 Å². The standard InChI is InChI=1S/C13H25N/c1-3-6-11(4-2)14-12-7-5-8-13(14)10-9-12/h11-13H,3-10H2,1-2H3. The SMILES string of the molecule is CCCC(CC)N1C2CCCC1CC2. The molecule has 0 aromatic rings. The van der Waals surface area contributed by atoms with Gasteiger partial charge in [0.1, 0.15) is 0 Å². The molecule has 0 N–H and O–H groups in total. The number of piperidine rings is 1. The van der Waals surface area contributed by atoms with Crippen molar-refractivity contribution in [2.24, 2.45) is 0 Å². The molecular weight excluding hydrogens is 170 g/mol. The number of nitrogens with zero attached hydrogens (tertiary/aromatic N) is 1. The molecule has 2 saturated heterocycles. The number of hydrogen-bond acceptors (Lipinski definition) is 1. The van der Waals surface area contributed by atoms with Crippen LogP contribution in [0.4, 0.5) is 0 Å². The molecule has 2 rings (SSSR count). The zero-order chi connectivity index (χ0) is 9.97. The highest BCUT2D eigenvalue weighted by molar-refractivity contribution is 4.94. The Morgan fingerprint density at radius 1 is 1.07 bits per heavy atom. The van der Waals surface area contributed by atoms with Crippen LogP contribution in [0.15, 0.2) is 0 Å². The van der Waals surface area contributed by atoms with Crippen molar-refractivity contribution in [3.05, 3.63) is 0 Å². The van der Waals surface area contributed by atoms with E-state index in [1.54, 1.807) is 0 Å². The third-order valence-corrected chi connectivity index (χ3v) is 4.27. The van der Waals surface area contributed by atoms with E-state index in [1.807, 2.05) is 0 Å². The van der Waals surface area contributed by atoms with Crippen LogP contribution >= 0.6 is 0 Å². The molecule has 0 aromatic carbocycles. The van der Waals surface area contributed by atoms with Gasteiger partial charge in [-0.3, -0.25) is 4.90 Å². The molecule has 2 aliphatic rings. The Bertz CT molecular complexity index is 162. The fourth-order valence-electron chi connectivity index (χ4n) is 3.65. The molecule has 0 amide bonds. The second-order valence-corrected chi connectivity index (χ2v) is 5.11. The van der Waals surface area contributed by atoms with E-state index in [0.29, 0.717) is 0 Å². The van der Waals surface area contributed by atoms with Crippen molar-refractivity contribution in [3.63, 3.8) is 0 Å². The third-order valence-electron chi connectivity index (χ3n) is 4.27. The number of hydrogen-bond donors (Lipinski definition) is 0. The Labute approximate surface area is 88.9 Å². The lowest BCUT2D eigenvalue weighted by atomic mass is 9.97. The minimum absolute atomic E-state index is 0.901. The summed E-state index contributed by atoms with van der Waals surface area (Å²) < 4.78 is 0. The molecule has 0 spiro atoms. The highest BCUT2D eigenvalue weighted by Gasteiger charge is 2.39. The summed E-state index contributed by atoms with van der Waals surface area (Å²) in [5, 5.41) is 0. The lowest BCUT2D eigenvalue weighted by Gasteiger charge is -2.40. The van der Waals surface area contributed by atoms with E-state index in [1.165, 1.54) is 51.4 Å². The van der Waals surface area contributed by atoms with Gasteiger partial charge in [-0.05, 0) is 38.5 Å². The van der Waals surface area contributed by atoms with Crippen molar-refractivity contribution in [2.75, 3.05) is 0 Å². The van der Waals surface area contributed by atoms with Crippen LogP contribution in [-0.4, -0.2) is 23.0 Å². The highest BCUT2D eigenvalue weighted by atomic mass is 15.2. The molecule has 2 fully saturated rings. The summed E-state index contributed by atoms with van der Waals surface area (Å²) in [7, 11) is 0. The maximum absolute atomic E-state index is 2.90. The van der Waals surface area contributed by atoms with Crippen molar-refractivity contribution >= 4 is 0 Å². The molecule has 0 saturated carbocycles. The molecule has 14 heavy (non-hydrogen) atoms.